The molecule has 0 aromatic heterocycles. The molecule has 10 heteroatoms. The quantitative estimate of drug-likeness (QED) is 0.426. The third-order valence-electron chi connectivity index (χ3n) is 7.45. The van der Waals surface area contributed by atoms with E-state index in [1.807, 2.05) is 13.8 Å². The van der Waals surface area contributed by atoms with Crippen LogP contribution in [0.15, 0.2) is 11.6 Å². The van der Waals surface area contributed by atoms with Gasteiger partial charge in [0, 0.05) is 0 Å². The maximum Gasteiger partial charge on any atom is 0.272 e. The summed E-state index contributed by atoms with van der Waals surface area (Å²) in [7, 11) is -10.9. The second-order valence-electron chi connectivity index (χ2n) is 10.2. The molecule has 2 aliphatic carbocycles. The lowest BCUT2D eigenvalue weighted by Crippen LogP contribution is -2.57. The van der Waals surface area contributed by atoms with Crippen LogP contribution in [-0.2, 0) is 18.0 Å². The zero-order valence-electron chi connectivity index (χ0n) is 18.6. The van der Waals surface area contributed by atoms with Crippen molar-refractivity contribution in [3.05, 3.63) is 11.6 Å². The Kier molecular flexibility index (Phi) is 7.93. The van der Waals surface area contributed by atoms with E-state index in [0.29, 0.717) is 12.3 Å². The van der Waals surface area contributed by atoms with Crippen LogP contribution in [0.2, 0.25) is 0 Å². The summed E-state index contributed by atoms with van der Waals surface area (Å²) >= 11 is 0. The predicted octanol–water partition coefficient (Wildman–Crippen LogP) is 3.04. The molecule has 0 aromatic carbocycles. The molecule has 30 heavy (non-hydrogen) atoms. The predicted molar refractivity (Wildman–Crippen MR) is 108 cm³/mol. The molecule has 5 atom stereocenters. The van der Waals surface area contributed by atoms with E-state index in [1.54, 1.807) is 0 Å². The molecular weight excluding hydrogens is 430 g/mol. The highest BCUT2D eigenvalue weighted by Crippen LogP contribution is 2.63. The molecule has 0 radical (unpaired) electrons. The van der Waals surface area contributed by atoms with E-state index in [0.717, 1.165) is 37.7 Å². The van der Waals surface area contributed by atoms with Crippen molar-refractivity contribution in [2.45, 2.75) is 85.2 Å². The van der Waals surface area contributed by atoms with E-state index < -0.39 is 27.9 Å². The minimum atomic E-state index is -5.68. The van der Waals surface area contributed by atoms with Gasteiger partial charge in [-0.25, -0.2) is 0 Å². The number of aliphatic hydroxyl groups is 1. The maximum absolute atomic E-state index is 11.3. The Hall–Kier alpha value is -0.0400. The Morgan fingerprint density at radius 3 is 2.37 bits per heavy atom. The van der Waals surface area contributed by atoms with Gasteiger partial charge in [0.1, 0.15) is 0 Å². The molecule has 1 N–H and O–H groups in total. The van der Waals surface area contributed by atoms with Crippen molar-refractivity contribution in [1.29, 1.82) is 0 Å². The lowest BCUT2D eigenvalue weighted by Gasteiger charge is -2.61. The van der Waals surface area contributed by atoms with Gasteiger partial charge in [-0.15, -0.1) is 0 Å². The van der Waals surface area contributed by atoms with Crippen LogP contribution in [-0.4, -0.2) is 17.3 Å². The number of fused-ring (bicyclic) bond motifs is 1. The summed E-state index contributed by atoms with van der Waals surface area (Å²) in [6.07, 6.45) is 8.18. The number of allylic oxidation sites excluding steroid dienone is 1. The molecule has 2 rings (SSSR count). The normalized spacial score (nSPS) is 36.8. The minimum Gasteiger partial charge on any atom is -0.790 e. The lowest BCUT2D eigenvalue weighted by molar-refractivity contribution is -0.339. The largest absolute Gasteiger partial charge is 0.790 e. The second kappa shape index (κ2) is 9.07. The lowest BCUT2D eigenvalue weighted by atomic mass is 9.45. The first-order valence-corrected chi connectivity index (χ1v) is 13.5. The zero-order chi connectivity index (χ0) is 23.0. The molecule has 0 heterocycles. The highest BCUT2D eigenvalue weighted by Gasteiger charge is 2.57. The number of hydrogen-bond acceptors (Lipinski definition) is 8. The van der Waals surface area contributed by atoms with Crippen molar-refractivity contribution in [1.82, 2.24) is 0 Å². The van der Waals surface area contributed by atoms with E-state index in [4.69, 9.17) is 0 Å². The molecule has 2 aliphatic rings. The standard InChI is InChI=1S/C20H38O8P2/c1-15(10-14-27-30(25,26)28-29(22,23)24)7-8-17-19(4)12-6-11-18(2,3)16(19)9-13-20(17,5)21/h10,16-17,21H,6-9,11-14H2,1-5H3,(H,25,26)(H2,22,23,24)/p-3/b15-10+/t16-,17+,19-,20+/m1/s1. The third-order valence-corrected chi connectivity index (χ3v) is 9.52. The van der Waals surface area contributed by atoms with E-state index in [1.165, 1.54) is 12.5 Å². The summed E-state index contributed by atoms with van der Waals surface area (Å²) in [6.45, 7) is 10.3. The van der Waals surface area contributed by atoms with Gasteiger partial charge in [-0.2, -0.15) is 0 Å². The summed E-state index contributed by atoms with van der Waals surface area (Å²) in [5.41, 5.74) is 0.400. The number of rotatable bonds is 8. The molecular formula is C20H35O8P2-3. The van der Waals surface area contributed by atoms with Gasteiger partial charge in [0.2, 0.25) is 0 Å². The fourth-order valence-electron chi connectivity index (χ4n) is 6.16. The van der Waals surface area contributed by atoms with Crippen LogP contribution in [0, 0.1) is 22.7 Å². The number of phosphoric acid groups is 2. The van der Waals surface area contributed by atoms with E-state index in [9.17, 15) is 28.9 Å². The number of hydrogen-bond donors (Lipinski definition) is 1. The summed E-state index contributed by atoms with van der Waals surface area (Å²) in [5, 5.41) is 11.2. The van der Waals surface area contributed by atoms with E-state index in [-0.39, 0.29) is 16.7 Å². The fraction of sp³-hybridized carbons (Fsp3) is 0.900. The zero-order valence-corrected chi connectivity index (χ0v) is 20.4. The topological polar surface area (TPSA) is 142 Å². The molecule has 2 saturated carbocycles. The molecule has 0 bridgehead atoms. The summed E-state index contributed by atoms with van der Waals surface area (Å²) in [5.74, 6) is 0.670. The molecule has 2 fully saturated rings. The molecule has 0 aliphatic heterocycles. The van der Waals surface area contributed by atoms with Gasteiger partial charge >= 0.3 is 0 Å². The van der Waals surface area contributed by atoms with Gasteiger partial charge in [0.05, 0.1) is 20.0 Å². The van der Waals surface area contributed by atoms with Crippen molar-refractivity contribution < 1.29 is 37.8 Å². The first kappa shape index (κ1) is 26.2. The van der Waals surface area contributed by atoms with Gasteiger partial charge in [0.25, 0.3) is 7.82 Å². The van der Waals surface area contributed by atoms with Crippen LogP contribution in [0.3, 0.4) is 0 Å². The molecule has 8 nitrogen and oxygen atoms in total. The fourth-order valence-corrected chi connectivity index (χ4v) is 7.58. The van der Waals surface area contributed by atoms with Gasteiger partial charge in [-0.1, -0.05) is 38.8 Å². The van der Waals surface area contributed by atoms with Crippen molar-refractivity contribution in [3.8, 4) is 0 Å². The van der Waals surface area contributed by atoms with Crippen LogP contribution < -0.4 is 14.7 Å². The Morgan fingerprint density at radius 1 is 1.13 bits per heavy atom. The van der Waals surface area contributed by atoms with E-state index in [2.05, 4.69) is 29.6 Å². The Balaban J connectivity index is 2.02. The Morgan fingerprint density at radius 2 is 1.77 bits per heavy atom. The summed E-state index contributed by atoms with van der Waals surface area (Å²) in [4.78, 5) is 32.2. The Labute approximate surface area is 179 Å². The smallest absolute Gasteiger partial charge is 0.272 e. The molecule has 0 saturated heterocycles. The van der Waals surface area contributed by atoms with Crippen LogP contribution in [0.25, 0.3) is 0 Å². The Bertz CT molecular complexity index is 741. The van der Waals surface area contributed by atoms with Crippen LogP contribution in [0.4, 0.5) is 0 Å². The average Bonchev–Trinajstić information content (AvgIpc) is 2.50. The van der Waals surface area contributed by atoms with Crippen molar-refractivity contribution in [3.63, 3.8) is 0 Å². The maximum atomic E-state index is 11.3. The van der Waals surface area contributed by atoms with Crippen molar-refractivity contribution >= 4 is 15.6 Å². The number of phosphoric ester groups is 1. The van der Waals surface area contributed by atoms with Gasteiger partial charge < -0.3 is 28.9 Å². The molecule has 1 unspecified atom stereocenters. The molecule has 0 amide bonds. The van der Waals surface area contributed by atoms with E-state index >= 15 is 0 Å². The minimum absolute atomic E-state index is 0.0439. The second-order valence-corrected chi connectivity index (χ2v) is 12.9. The molecule has 0 spiro atoms. The van der Waals surface area contributed by atoms with Crippen LogP contribution >= 0.6 is 15.6 Å². The monoisotopic (exact) mass is 465 g/mol. The summed E-state index contributed by atoms with van der Waals surface area (Å²) in [6, 6.07) is 0. The van der Waals surface area contributed by atoms with Crippen molar-refractivity contribution in [2.24, 2.45) is 22.7 Å². The first-order valence-electron chi connectivity index (χ1n) is 10.6. The van der Waals surface area contributed by atoms with Crippen LogP contribution in [0.1, 0.15) is 79.6 Å². The third kappa shape index (κ3) is 6.49. The van der Waals surface area contributed by atoms with Gasteiger partial charge in [-0.05, 0) is 75.0 Å². The van der Waals surface area contributed by atoms with Crippen LogP contribution in [0.5, 0.6) is 0 Å². The highest BCUT2D eigenvalue weighted by molar-refractivity contribution is 7.58. The highest BCUT2D eigenvalue weighted by atomic mass is 31.3. The first-order chi connectivity index (χ1) is 13.5. The van der Waals surface area contributed by atoms with Crippen molar-refractivity contribution in [2.75, 3.05) is 6.61 Å². The van der Waals surface area contributed by atoms with Gasteiger partial charge in [-0.3, -0.25) is 8.88 Å². The SMILES string of the molecule is C/C(=C\COP(=O)([O-])OP(=O)([O-])[O-])CC[C@H]1[C@]2(C)CCCC(C)(C)[C@H]2CC[C@]1(C)O. The summed E-state index contributed by atoms with van der Waals surface area (Å²) < 4.78 is 29.6. The average molecular weight is 465 g/mol. The molecule has 0 aromatic rings. The van der Waals surface area contributed by atoms with Gasteiger partial charge in [0.15, 0.2) is 0 Å². The molecule has 176 valence electrons.